The van der Waals surface area contributed by atoms with Crippen LogP contribution in [0.4, 0.5) is 13.2 Å². The molecule has 0 saturated carbocycles. The van der Waals surface area contributed by atoms with Crippen LogP contribution in [0.1, 0.15) is 19.4 Å². The van der Waals surface area contributed by atoms with E-state index < -0.39 is 19.6 Å². The van der Waals surface area contributed by atoms with E-state index in [9.17, 15) is 13.2 Å². The van der Waals surface area contributed by atoms with Gasteiger partial charge >= 0.3 is 6.18 Å². The van der Waals surface area contributed by atoms with Crippen molar-refractivity contribution in [3.63, 3.8) is 0 Å². The van der Waals surface area contributed by atoms with Crippen LogP contribution >= 0.6 is 11.6 Å². The third-order valence-electron chi connectivity index (χ3n) is 2.49. The van der Waals surface area contributed by atoms with Crippen molar-refractivity contribution in [3.05, 3.63) is 28.8 Å². The molecule has 0 saturated heterocycles. The summed E-state index contributed by atoms with van der Waals surface area (Å²) in [7, 11) is 0. The minimum Gasteiger partial charge on any atom is -0.467 e. The summed E-state index contributed by atoms with van der Waals surface area (Å²) in [6.07, 6.45) is -4.36. The van der Waals surface area contributed by atoms with E-state index in [1.165, 1.54) is 0 Å². The van der Waals surface area contributed by atoms with Gasteiger partial charge in [0.15, 0.2) is 6.79 Å². The number of alkyl halides is 3. The first-order valence-electron chi connectivity index (χ1n) is 6.55. The normalized spacial score (nSPS) is 12.0. The zero-order valence-corrected chi connectivity index (χ0v) is 12.7. The van der Waals surface area contributed by atoms with Crippen LogP contribution in [0.2, 0.25) is 5.02 Å². The second-order valence-electron chi connectivity index (χ2n) is 4.97. The Kier molecular flexibility index (Phi) is 7.28. The molecule has 0 aliphatic heterocycles. The standard InChI is InChI=1S/C14H19ClF3NO2/c1-10(2)6-19-7-11-12(15)4-3-5-13(11)21-9-20-8-14(16,17)18/h3-5,10,19H,6-9H2,1-2H3. The zero-order chi connectivity index (χ0) is 15.9. The monoisotopic (exact) mass is 325 g/mol. The molecule has 0 atom stereocenters. The van der Waals surface area contributed by atoms with Crippen LogP contribution in [0.15, 0.2) is 18.2 Å². The average molecular weight is 326 g/mol. The van der Waals surface area contributed by atoms with E-state index in [0.717, 1.165) is 6.54 Å². The lowest BCUT2D eigenvalue weighted by atomic mass is 10.2. The third-order valence-corrected chi connectivity index (χ3v) is 2.85. The highest BCUT2D eigenvalue weighted by Gasteiger charge is 2.27. The summed E-state index contributed by atoms with van der Waals surface area (Å²) in [4.78, 5) is 0. The molecular formula is C14H19ClF3NO2. The van der Waals surface area contributed by atoms with Gasteiger partial charge in [0.1, 0.15) is 12.4 Å². The van der Waals surface area contributed by atoms with Crippen LogP contribution in [0.3, 0.4) is 0 Å². The molecule has 0 spiro atoms. The summed E-state index contributed by atoms with van der Waals surface area (Å²) in [5, 5.41) is 3.71. The van der Waals surface area contributed by atoms with E-state index in [-0.39, 0.29) is 0 Å². The van der Waals surface area contributed by atoms with Crippen molar-refractivity contribution in [3.8, 4) is 5.75 Å². The Balaban J connectivity index is 2.54. The number of benzene rings is 1. The molecule has 0 fully saturated rings. The molecule has 1 N–H and O–H groups in total. The highest BCUT2D eigenvalue weighted by Crippen LogP contribution is 2.26. The van der Waals surface area contributed by atoms with E-state index in [1.807, 2.05) is 0 Å². The minimum atomic E-state index is -4.36. The maximum atomic E-state index is 12.0. The zero-order valence-electron chi connectivity index (χ0n) is 12.0. The number of nitrogens with one attached hydrogen (secondary N) is 1. The van der Waals surface area contributed by atoms with Crippen LogP contribution in [0.5, 0.6) is 5.75 Å². The molecule has 1 aromatic rings. The molecule has 0 aromatic heterocycles. The molecule has 0 aliphatic rings. The fourth-order valence-electron chi connectivity index (χ4n) is 1.59. The summed E-state index contributed by atoms with van der Waals surface area (Å²) in [6.45, 7) is 3.61. The highest BCUT2D eigenvalue weighted by molar-refractivity contribution is 6.31. The third kappa shape index (κ3) is 7.55. The van der Waals surface area contributed by atoms with Crippen molar-refractivity contribution in [1.29, 1.82) is 0 Å². The van der Waals surface area contributed by atoms with Crippen LogP contribution in [-0.2, 0) is 11.3 Å². The molecule has 1 aromatic carbocycles. The van der Waals surface area contributed by atoms with Gasteiger partial charge in [0, 0.05) is 17.1 Å². The van der Waals surface area contributed by atoms with Crippen LogP contribution < -0.4 is 10.1 Å². The molecule has 0 radical (unpaired) electrons. The smallest absolute Gasteiger partial charge is 0.411 e. The first-order chi connectivity index (χ1) is 9.79. The summed E-state index contributed by atoms with van der Waals surface area (Å²) >= 11 is 6.09. The molecule has 0 bridgehead atoms. The Morgan fingerprint density at radius 2 is 2.00 bits per heavy atom. The number of halogens is 4. The van der Waals surface area contributed by atoms with Gasteiger partial charge in [-0.1, -0.05) is 31.5 Å². The largest absolute Gasteiger partial charge is 0.467 e. The van der Waals surface area contributed by atoms with Gasteiger partial charge in [-0.05, 0) is 24.6 Å². The Morgan fingerprint density at radius 3 is 2.62 bits per heavy atom. The quantitative estimate of drug-likeness (QED) is 0.579. The molecule has 0 amide bonds. The van der Waals surface area contributed by atoms with Crippen LogP contribution in [0, 0.1) is 5.92 Å². The van der Waals surface area contributed by atoms with E-state index >= 15 is 0 Å². The second-order valence-corrected chi connectivity index (χ2v) is 5.37. The lowest BCUT2D eigenvalue weighted by Crippen LogP contribution is -2.21. The lowest BCUT2D eigenvalue weighted by molar-refractivity contribution is -0.186. The summed E-state index contributed by atoms with van der Waals surface area (Å²) in [5.41, 5.74) is 0.704. The fraction of sp³-hybridized carbons (Fsp3) is 0.571. The Hall–Kier alpha value is -0.980. The number of rotatable bonds is 8. The predicted octanol–water partition coefficient (Wildman–Crippen LogP) is 4.00. The molecule has 3 nitrogen and oxygen atoms in total. The predicted molar refractivity (Wildman–Crippen MR) is 75.5 cm³/mol. The van der Waals surface area contributed by atoms with Crippen molar-refractivity contribution in [1.82, 2.24) is 5.32 Å². The maximum absolute atomic E-state index is 12.0. The second kappa shape index (κ2) is 8.46. The molecule has 0 aliphatic carbocycles. The van der Waals surface area contributed by atoms with Gasteiger partial charge in [0.2, 0.25) is 0 Å². The van der Waals surface area contributed by atoms with E-state index in [4.69, 9.17) is 16.3 Å². The molecular weight excluding hydrogens is 307 g/mol. The Labute approximate surface area is 127 Å². The first-order valence-corrected chi connectivity index (χ1v) is 6.93. The van der Waals surface area contributed by atoms with Gasteiger partial charge in [-0.3, -0.25) is 0 Å². The van der Waals surface area contributed by atoms with Gasteiger partial charge in [0.05, 0.1) is 0 Å². The van der Waals surface area contributed by atoms with E-state index in [1.54, 1.807) is 18.2 Å². The summed E-state index contributed by atoms with van der Waals surface area (Å²) in [6, 6.07) is 5.03. The lowest BCUT2D eigenvalue weighted by Gasteiger charge is -2.15. The SMILES string of the molecule is CC(C)CNCc1c(Cl)cccc1OCOCC(F)(F)F. The highest BCUT2D eigenvalue weighted by atomic mass is 35.5. The van der Waals surface area contributed by atoms with Gasteiger partial charge < -0.3 is 14.8 Å². The topological polar surface area (TPSA) is 30.5 Å². The molecule has 1 rings (SSSR count). The minimum absolute atomic E-state index is 0.418. The van der Waals surface area contributed by atoms with E-state index in [2.05, 4.69) is 23.9 Å². The Morgan fingerprint density at radius 1 is 1.29 bits per heavy atom. The summed E-state index contributed by atoms with van der Waals surface area (Å²) < 4.78 is 45.5. The first kappa shape index (κ1) is 18.1. The fourth-order valence-corrected chi connectivity index (χ4v) is 1.83. The van der Waals surface area contributed by atoms with Crippen molar-refractivity contribution in [2.24, 2.45) is 5.92 Å². The number of ether oxygens (including phenoxy) is 2. The number of hydrogen-bond acceptors (Lipinski definition) is 3. The number of hydrogen-bond donors (Lipinski definition) is 1. The van der Waals surface area contributed by atoms with Crippen LogP contribution in [0.25, 0.3) is 0 Å². The van der Waals surface area contributed by atoms with E-state index in [0.29, 0.717) is 28.8 Å². The van der Waals surface area contributed by atoms with Crippen molar-refractivity contribution >= 4 is 11.6 Å². The maximum Gasteiger partial charge on any atom is 0.411 e. The average Bonchev–Trinajstić information content (AvgIpc) is 2.36. The van der Waals surface area contributed by atoms with Gasteiger partial charge in [-0.25, -0.2) is 0 Å². The Bertz CT molecular complexity index is 439. The molecule has 7 heteroatoms. The van der Waals surface area contributed by atoms with Crippen LogP contribution in [-0.4, -0.2) is 26.1 Å². The van der Waals surface area contributed by atoms with Crippen molar-refractivity contribution in [2.75, 3.05) is 19.9 Å². The van der Waals surface area contributed by atoms with Gasteiger partial charge in [0.25, 0.3) is 0 Å². The van der Waals surface area contributed by atoms with Crippen molar-refractivity contribution in [2.45, 2.75) is 26.6 Å². The molecule has 21 heavy (non-hydrogen) atoms. The molecule has 0 heterocycles. The molecule has 0 unspecified atom stereocenters. The summed E-state index contributed by atoms with van der Waals surface area (Å²) in [5.74, 6) is 0.896. The van der Waals surface area contributed by atoms with Gasteiger partial charge in [-0.15, -0.1) is 0 Å². The molecule has 120 valence electrons. The van der Waals surface area contributed by atoms with Crippen molar-refractivity contribution < 1.29 is 22.6 Å². The van der Waals surface area contributed by atoms with Gasteiger partial charge in [-0.2, -0.15) is 13.2 Å².